The minimum Gasteiger partial charge on any atom is -0.379 e. The molecule has 1 amide bonds. The Bertz CT molecular complexity index is 923. The van der Waals surface area contributed by atoms with E-state index in [2.05, 4.69) is 30.0 Å². The second-order valence-corrected chi connectivity index (χ2v) is 8.81. The highest BCUT2D eigenvalue weighted by Gasteiger charge is 2.23. The molecule has 5 nitrogen and oxygen atoms in total. The molecule has 0 saturated carbocycles. The second-order valence-electron chi connectivity index (χ2n) is 6.86. The van der Waals surface area contributed by atoms with Crippen LogP contribution in [0, 0.1) is 0 Å². The van der Waals surface area contributed by atoms with Gasteiger partial charge in [-0.1, -0.05) is 36.5 Å². The third-order valence-electron chi connectivity index (χ3n) is 5.04. The molecule has 1 aliphatic heterocycles. The number of benzene rings is 1. The van der Waals surface area contributed by atoms with Crippen LogP contribution in [-0.2, 0) is 11.2 Å². The average molecular weight is 452 g/mol. The number of aryl methyl sites for hydroxylation is 1. The normalized spacial score (nSPS) is 14.7. The summed E-state index contributed by atoms with van der Waals surface area (Å²) in [5.41, 5.74) is 2.26. The maximum Gasteiger partial charge on any atom is 0.270 e. The Morgan fingerprint density at radius 1 is 1.24 bits per heavy atom. The van der Waals surface area contributed by atoms with Crippen LogP contribution >= 0.6 is 35.1 Å². The first-order chi connectivity index (χ1) is 13.8. The van der Waals surface area contributed by atoms with Gasteiger partial charge in [0.05, 0.1) is 28.3 Å². The fourth-order valence-electron chi connectivity index (χ4n) is 3.49. The number of hydrogen-bond donors (Lipinski definition) is 0. The molecule has 0 unspecified atom stereocenters. The Hall–Kier alpha value is -1.51. The molecule has 0 spiro atoms. The molecule has 1 aromatic carbocycles. The van der Waals surface area contributed by atoms with Gasteiger partial charge in [-0.15, -0.1) is 23.7 Å². The highest BCUT2D eigenvalue weighted by Crippen LogP contribution is 2.32. The summed E-state index contributed by atoms with van der Waals surface area (Å²) < 4.78 is 6.57. The van der Waals surface area contributed by atoms with Gasteiger partial charge in [0.25, 0.3) is 5.91 Å². The molecule has 156 valence electrons. The fraction of sp³-hybridized carbons (Fsp3) is 0.429. The number of hydrogen-bond acceptors (Lipinski definition) is 6. The molecule has 29 heavy (non-hydrogen) atoms. The molecule has 2 aromatic heterocycles. The first-order valence-corrected chi connectivity index (χ1v) is 11.5. The number of amides is 1. The maximum atomic E-state index is 13.2. The van der Waals surface area contributed by atoms with Gasteiger partial charge in [-0.05, 0) is 35.9 Å². The Morgan fingerprint density at radius 2 is 2.07 bits per heavy atom. The number of thiazole rings is 1. The van der Waals surface area contributed by atoms with Crippen LogP contribution in [0.15, 0.2) is 35.7 Å². The highest BCUT2D eigenvalue weighted by atomic mass is 35.5. The number of thiophene rings is 1. The largest absolute Gasteiger partial charge is 0.379 e. The summed E-state index contributed by atoms with van der Waals surface area (Å²) in [5.74, 6) is 0.0501. The lowest BCUT2D eigenvalue weighted by molar-refractivity contribution is 0.0376. The van der Waals surface area contributed by atoms with Gasteiger partial charge in [0.15, 0.2) is 5.13 Å². The lowest BCUT2D eigenvalue weighted by Crippen LogP contribution is -2.39. The molecule has 0 aliphatic carbocycles. The van der Waals surface area contributed by atoms with Crippen molar-refractivity contribution in [2.24, 2.45) is 0 Å². The molecule has 1 aliphatic rings. The van der Waals surface area contributed by atoms with Crippen molar-refractivity contribution in [3.05, 3.63) is 46.2 Å². The summed E-state index contributed by atoms with van der Waals surface area (Å²) in [4.78, 5) is 23.1. The number of nitrogens with zero attached hydrogens (tertiary/aromatic N) is 3. The SMILES string of the molecule is CCc1cccc2sc(N(CCCN3CCOCC3)C(=O)c3cccs3)nc12.Cl. The van der Waals surface area contributed by atoms with Crippen molar-refractivity contribution in [2.75, 3.05) is 44.3 Å². The van der Waals surface area contributed by atoms with E-state index in [1.165, 1.54) is 16.9 Å². The van der Waals surface area contributed by atoms with Gasteiger partial charge >= 0.3 is 0 Å². The van der Waals surface area contributed by atoms with E-state index < -0.39 is 0 Å². The van der Waals surface area contributed by atoms with Gasteiger partial charge in [0.2, 0.25) is 0 Å². The van der Waals surface area contributed by atoms with E-state index in [0.29, 0.717) is 6.54 Å². The Kier molecular flexibility index (Phi) is 8.03. The van der Waals surface area contributed by atoms with Crippen LogP contribution in [0.5, 0.6) is 0 Å². The van der Waals surface area contributed by atoms with E-state index in [9.17, 15) is 4.79 Å². The molecule has 0 radical (unpaired) electrons. The molecule has 1 fully saturated rings. The topological polar surface area (TPSA) is 45.7 Å². The number of ether oxygens (including phenoxy) is 1. The van der Waals surface area contributed by atoms with Gasteiger partial charge in [-0.2, -0.15) is 0 Å². The van der Waals surface area contributed by atoms with E-state index in [-0.39, 0.29) is 18.3 Å². The van der Waals surface area contributed by atoms with Gasteiger partial charge < -0.3 is 4.74 Å². The Labute approximate surface area is 185 Å². The van der Waals surface area contributed by atoms with E-state index in [1.54, 1.807) is 11.3 Å². The molecule has 0 bridgehead atoms. The predicted octanol–water partition coefficient (Wildman–Crippen LogP) is 4.71. The lowest BCUT2D eigenvalue weighted by Gasteiger charge is -2.27. The van der Waals surface area contributed by atoms with Crippen molar-refractivity contribution in [3.8, 4) is 0 Å². The van der Waals surface area contributed by atoms with Crippen LogP contribution in [0.2, 0.25) is 0 Å². The molecule has 8 heteroatoms. The molecule has 3 aromatic rings. The Morgan fingerprint density at radius 3 is 2.79 bits per heavy atom. The summed E-state index contributed by atoms with van der Waals surface area (Å²) in [7, 11) is 0. The molecular weight excluding hydrogens is 426 g/mol. The Balaban J connectivity index is 0.00000240. The number of aromatic nitrogens is 1. The van der Waals surface area contributed by atoms with Crippen LogP contribution in [0.1, 0.15) is 28.6 Å². The van der Waals surface area contributed by atoms with E-state index in [4.69, 9.17) is 9.72 Å². The smallest absolute Gasteiger partial charge is 0.270 e. The number of morpholine rings is 1. The van der Waals surface area contributed by atoms with Gasteiger partial charge in [0.1, 0.15) is 0 Å². The minimum absolute atomic E-state index is 0. The van der Waals surface area contributed by atoms with Crippen molar-refractivity contribution in [2.45, 2.75) is 19.8 Å². The van der Waals surface area contributed by atoms with Gasteiger partial charge in [0, 0.05) is 26.2 Å². The van der Waals surface area contributed by atoms with E-state index >= 15 is 0 Å². The number of fused-ring (bicyclic) bond motifs is 1. The molecule has 0 N–H and O–H groups in total. The van der Waals surface area contributed by atoms with Crippen LogP contribution in [-0.4, -0.2) is 55.2 Å². The second kappa shape index (κ2) is 10.5. The number of carbonyl (C=O) groups is 1. The summed E-state index contributed by atoms with van der Waals surface area (Å²) >= 11 is 3.10. The molecule has 1 saturated heterocycles. The molecule has 3 heterocycles. The summed E-state index contributed by atoms with van der Waals surface area (Å²) in [6.45, 7) is 7.34. The minimum atomic E-state index is 0. The van der Waals surface area contributed by atoms with Crippen LogP contribution in [0.3, 0.4) is 0 Å². The van der Waals surface area contributed by atoms with Crippen molar-refractivity contribution in [3.63, 3.8) is 0 Å². The average Bonchev–Trinajstić information content (AvgIpc) is 3.41. The van der Waals surface area contributed by atoms with Crippen molar-refractivity contribution >= 4 is 56.3 Å². The lowest BCUT2D eigenvalue weighted by atomic mass is 10.1. The summed E-state index contributed by atoms with van der Waals surface area (Å²) in [6, 6.07) is 10.1. The number of para-hydroxylation sites is 1. The van der Waals surface area contributed by atoms with Crippen LogP contribution < -0.4 is 4.90 Å². The van der Waals surface area contributed by atoms with Gasteiger partial charge in [-0.3, -0.25) is 14.6 Å². The first-order valence-electron chi connectivity index (χ1n) is 9.80. The number of carbonyl (C=O) groups excluding carboxylic acids is 1. The monoisotopic (exact) mass is 451 g/mol. The van der Waals surface area contributed by atoms with Gasteiger partial charge in [-0.25, -0.2) is 4.98 Å². The van der Waals surface area contributed by atoms with E-state index in [0.717, 1.165) is 65.9 Å². The molecule has 0 atom stereocenters. The van der Waals surface area contributed by atoms with Crippen molar-refractivity contribution in [1.29, 1.82) is 0 Å². The molecular formula is C21H26ClN3O2S2. The molecule has 4 rings (SSSR count). The zero-order chi connectivity index (χ0) is 19.3. The summed E-state index contributed by atoms with van der Waals surface area (Å²) in [6.07, 6.45) is 1.87. The predicted molar refractivity (Wildman–Crippen MR) is 124 cm³/mol. The van der Waals surface area contributed by atoms with Crippen LogP contribution in [0.25, 0.3) is 10.2 Å². The third-order valence-corrected chi connectivity index (χ3v) is 6.94. The number of anilines is 1. The zero-order valence-electron chi connectivity index (χ0n) is 16.5. The van der Waals surface area contributed by atoms with Crippen LogP contribution in [0.4, 0.5) is 5.13 Å². The van der Waals surface area contributed by atoms with Crippen molar-refractivity contribution in [1.82, 2.24) is 9.88 Å². The first kappa shape index (κ1) is 22.2. The van der Waals surface area contributed by atoms with E-state index in [1.807, 2.05) is 22.4 Å². The fourth-order valence-corrected chi connectivity index (χ4v) is 5.20. The highest BCUT2D eigenvalue weighted by molar-refractivity contribution is 7.22. The standard InChI is InChI=1S/C21H25N3O2S2.ClH/c1-2-16-6-3-7-17-19(16)22-21(28-17)24(20(25)18-8-4-15-27-18)10-5-9-23-11-13-26-14-12-23;/h3-4,6-8,15H,2,5,9-14H2,1H3;1H. The third kappa shape index (κ3) is 5.16. The quantitative estimate of drug-likeness (QED) is 0.521. The summed E-state index contributed by atoms with van der Waals surface area (Å²) in [5, 5.41) is 2.75. The number of rotatable bonds is 7. The zero-order valence-corrected chi connectivity index (χ0v) is 19.0. The number of halogens is 1. The van der Waals surface area contributed by atoms with Crippen molar-refractivity contribution < 1.29 is 9.53 Å². The maximum absolute atomic E-state index is 13.2.